The van der Waals surface area contributed by atoms with E-state index >= 15 is 0 Å². The average molecular weight is 383 g/mol. The van der Waals surface area contributed by atoms with Crippen LogP contribution in [0.2, 0.25) is 19.6 Å². The van der Waals surface area contributed by atoms with E-state index in [0.717, 1.165) is 32.1 Å². The van der Waals surface area contributed by atoms with Gasteiger partial charge in [0, 0.05) is 6.42 Å². The second kappa shape index (κ2) is 16.1. The zero-order valence-corrected chi connectivity index (χ0v) is 18.6. The molecule has 0 radical (unpaired) electrons. The molecule has 0 N–H and O–H groups in total. The quantitative estimate of drug-likeness (QED) is 0.105. The standard InChI is InChI=1S/C22H40O3Si/c1-6-7-15-18-21(25-26(3,4)5)19-16-13-11-9-8-10-12-14-17-20-22(23)24-2/h7,11,13,15-16,19,21H,6,8-10,12,14,17-18,20H2,1-5H3/b13-11-,15-7-,19-16+/i22+2. The van der Waals surface area contributed by atoms with Gasteiger partial charge in [0.15, 0.2) is 8.32 Å². The monoisotopic (exact) mass is 382 g/mol. The molecule has 26 heavy (non-hydrogen) atoms. The number of ether oxygens (including phenoxy) is 1. The van der Waals surface area contributed by atoms with E-state index in [9.17, 15) is 4.79 Å². The summed E-state index contributed by atoms with van der Waals surface area (Å²) >= 11 is 0. The van der Waals surface area contributed by atoms with Gasteiger partial charge in [-0.25, -0.2) is 0 Å². The van der Waals surface area contributed by atoms with Crippen LogP contribution in [0.3, 0.4) is 0 Å². The molecule has 0 saturated heterocycles. The van der Waals surface area contributed by atoms with Crippen LogP contribution >= 0.6 is 0 Å². The van der Waals surface area contributed by atoms with E-state index in [4.69, 9.17) is 4.43 Å². The Morgan fingerprint density at radius 1 is 0.962 bits per heavy atom. The van der Waals surface area contributed by atoms with Gasteiger partial charge < -0.3 is 9.16 Å². The highest BCUT2D eigenvalue weighted by molar-refractivity contribution is 6.69. The number of methoxy groups -OCH3 is 1. The third kappa shape index (κ3) is 17.7. The smallest absolute Gasteiger partial charge is 0.305 e. The molecule has 0 aromatic rings. The van der Waals surface area contributed by atoms with Gasteiger partial charge in [-0.15, -0.1) is 0 Å². The van der Waals surface area contributed by atoms with Crippen molar-refractivity contribution in [2.75, 3.05) is 7.11 Å². The minimum Gasteiger partial charge on any atom is -0.469 e. The first kappa shape index (κ1) is 24.9. The van der Waals surface area contributed by atoms with Crippen molar-refractivity contribution in [3.05, 3.63) is 36.5 Å². The number of rotatable bonds is 15. The van der Waals surface area contributed by atoms with Gasteiger partial charge in [-0.3, -0.25) is 4.79 Å². The van der Waals surface area contributed by atoms with Gasteiger partial charge >= 0.3 is 5.97 Å². The van der Waals surface area contributed by atoms with Crippen molar-refractivity contribution < 1.29 is 14.0 Å². The molecule has 150 valence electrons. The van der Waals surface area contributed by atoms with Crippen LogP contribution in [0.25, 0.3) is 0 Å². The molecule has 0 aromatic carbocycles. The Labute approximate surface area is 162 Å². The predicted octanol–water partition coefficient (Wildman–Crippen LogP) is 6.58. The zero-order valence-electron chi connectivity index (χ0n) is 17.6. The lowest BCUT2D eigenvalue weighted by molar-refractivity contribution is -0.140. The number of esters is 1. The molecule has 4 heteroatoms. The molecule has 1 unspecified atom stereocenters. The molecule has 0 saturated carbocycles. The summed E-state index contributed by atoms with van der Waals surface area (Å²) in [5.41, 5.74) is 0. The molecule has 0 heterocycles. The molecule has 0 aliphatic heterocycles. The SMILES string of the molecule is CC/C=C\CC(/C=C/C=C\CCCCCCC[14C](=O)OC)O[Si](C)(C)C. The third-order valence-electron chi connectivity index (χ3n) is 3.83. The van der Waals surface area contributed by atoms with Crippen molar-refractivity contribution >= 4 is 14.3 Å². The van der Waals surface area contributed by atoms with E-state index in [0.29, 0.717) is 6.42 Å². The summed E-state index contributed by atoms with van der Waals surface area (Å²) in [6.45, 7) is 8.86. The van der Waals surface area contributed by atoms with Crippen LogP contribution < -0.4 is 0 Å². The number of carbonyl (C=O) groups is 1. The second-order valence-corrected chi connectivity index (χ2v) is 12.0. The minimum absolute atomic E-state index is 0.0960. The first-order valence-corrected chi connectivity index (χ1v) is 13.5. The molecule has 1 atom stereocenters. The highest BCUT2D eigenvalue weighted by atomic mass is 28.4. The topological polar surface area (TPSA) is 35.5 Å². The summed E-state index contributed by atoms with van der Waals surface area (Å²) in [4.78, 5) is 11.0. The van der Waals surface area contributed by atoms with Crippen LogP contribution in [0.1, 0.15) is 64.7 Å². The number of unbranched alkanes of at least 4 members (excludes halogenated alkanes) is 5. The van der Waals surface area contributed by atoms with E-state index in [-0.39, 0.29) is 12.1 Å². The Bertz CT molecular complexity index is 433. The molecular formula is C22H40O3Si. The maximum absolute atomic E-state index is 11.0. The maximum atomic E-state index is 11.0. The summed E-state index contributed by atoms with van der Waals surface area (Å²) in [5, 5.41) is 0. The van der Waals surface area contributed by atoms with E-state index in [2.05, 4.69) is 67.8 Å². The van der Waals surface area contributed by atoms with Gasteiger partial charge in [0.1, 0.15) is 0 Å². The summed E-state index contributed by atoms with van der Waals surface area (Å²) in [6, 6.07) is 0. The molecule has 0 spiro atoms. The lowest BCUT2D eigenvalue weighted by Gasteiger charge is -2.23. The Kier molecular flexibility index (Phi) is 15.4. The predicted molar refractivity (Wildman–Crippen MR) is 115 cm³/mol. The molecule has 0 aliphatic carbocycles. The van der Waals surface area contributed by atoms with Gasteiger partial charge in [0.25, 0.3) is 0 Å². The number of allylic oxidation sites excluding steroid dienone is 4. The van der Waals surface area contributed by atoms with Gasteiger partial charge in [0.05, 0.1) is 13.2 Å². The fourth-order valence-corrected chi connectivity index (χ4v) is 3.63. The number of hydrogen-bond acceptors (Lipinski definition) is 3. The van der Waals surface area contributed by atoms with Crippen molar-refractivity contribution in [1.82, 2.24) is 0 Å². The average Bonchev–Trinajstić information content (AvgIpc) is 2.58. The molecule has 3 nitrogen and oxygen atoms in total. The Balaban J connectivity index is 3.92. The van der Waals surface area contributed by atoms with Gasteiger partial charge in [-0.05, 0) is 51.7 Å². The van der Waals surface area contributed by atoms with Crippen LogP contribution in [-0.2, 0) is 14.0 Å². The van der Waals surface area contributed by atoms with E-state index < -0.39 is 8.32 Å². The Hall–Kier alpha value is -1.13. The summed E-state index contributed by atoms with van der Waals surface area (Å²) in [7, 11) is -0.0768. The van der Waals surface area contributed by atoms with Crippen LogP contribution in [0, 0.1) is 0 Å². The number of carbonyl (C=O) groups excluding carboxylic acids is 1. The molecular weight excluding hydrogens is 342 g/mol. The first-order chi connectivity index (χ1) is 12.4. The molecule has 0 rings (SSSR count). The van der Waals surface area contributed by atoms with Crippen LogP contribution in [0.15, 0.2) is 36.5 Å². The Morgan fingerprint density at radius 2 is 1.65 bits per heavy atom. The van der Waals surface area contributed by atoms with E-state index in [1.54, 1.807) is 0 Å². The lowest BCUT2D eigenvalue weighted by atomic mass is 10.1. The van der Waals surface area contributed by atoms with Crippen molar-refractivity contribution in [2.45, 2.75) is 90.5 Å². The van der Waals surface area contributed by atoms with E-state index in [1.165, 1.54) is 26.4 Å². The molecule has 0 amide bonds. The molecule has 0 aliphatic rings. The van der Waals surface area contributed by atoms with Gasteiger partial charge in [0.2, 0.25) is 0 Å². The van der Waals surface area contributed by atoms with E-state index in [1.807, 2.05) is 0 Å². The summed E-state index contributed by atoms with van der Waals surface area (Å²) < 4.78 is 10.9. The maximum Gasteiger partial charge on any atom is 0.305 e. The van der Waals surface area contributed by atoms with Gasteiger partial charge in [-0.1, -0.05) is 62.6 Å². The van der Waals surface area contributed by atoms with Crippen molar-refractivity contribution in [2.24, 2.45) is 0 Å². The van der Waals surface area contributed by atoms with Crippen LogP contribution in [-0.4, -0.2) is 27.5 Å². The van der Waals surface area contributed by atoms with Crippen LogP contribution in [0.4, 0.5) is 0 Å². The first-order valence-electron chi connectivity index (χ1n) is 10.1. The summed E-state index contributed by atoms with van der Waals surface area (Å²) in [6.07, 6.45) is 22.6. The molecule has 0 bridgehead atoms. The van der Waals surface area contributed by atoms with Crippen molar-refractivity contribution in [1.29, 1.82) is 0 Å². The fourth-order valence-electron chi connectivity index (χ4n) is 2.54. The summed E-state index contributed by atoms with van der Waals surface area (Å²) in [5.74, 6) is -0.0960. The zero-order chi connectivity index (χ0) is 19.7. The highest BCUT2D eigenvalue weighted by Gasteiger charge is 2.18. The highest BCUT2D eigenvalue weighted by Crippen LogP contribution is 2.13. The number of hydrogen-bond donors (Lipinski definition) is 0. The second-order valence-electron chi connectivity index (χ2n) is 7.58. The van der Waals surface area contributed by atoms with Crippen molar-refractivity contribution in [3.63, 3.8) is 0 Å². The van der Waals surface area contributed by atoms with Gasteiger partial charge in [-0.2, -0.15) is 0 Å². The largest absolute Gasteiger partial charge is 0.469 e. The lowest BCUT2D eigenvalue weighted by Crippen LogP contribution is -2.30. The molecule has 0 fully saturated rings. The minimum atomic E-state index is -1.53. The third-order valence-corrected chi connectivity index (χ3v) is 4.84. The fraction of sp³-hybridized carbons (Fsp3) is 0.682. The normalized spacial score (nSPS) is 13.9. The van der Waals surface area contributed by atoms with Crippen molar-refractivity contribution in [3.8, 4) is 0 Å². The molecule has 0 aromatic heterocycles. The Morgan fingerprint density at radius 3 is 2.31 bits per heavy atom. The van der Waals surface area contributed by atoms with Crippen LogP contribution in [0.5, 0.6) is 0 Å².